The molecule has 7 heteroatoms. The van der Waals surface area contributed by atoms with E-state index in [1.54, 1.807) is 25.3 Å². The molecule has 0 saturated carbocycles. The number of benzene rings is 1. The Balaban J connectivity index is 2.05. The molecule has 2 rings (SSSR count). The van der Waals surface area contributed by atoms with Gasteiger partial charge in [-0.05, 0) is 37.0 Å². The molecule has 0 atom stereocenters. The Hall–Kier alpha value is -2.15. The van der Waals surface area contributed by atoms with Gasteiger partial charge < -0.3 is 9.47 Å². The molecule has 24 heavy (non-hydrogen) atoms. The molecule has 2 aromatic rings. The quantitative estimate of drug-likeness (QED) is 0.785. The summed E-state index contributed by atoms with van der Waals surface area (Å²) in [6, 6.07) is 5.14. The maximum Gasteiger partial charge on any atom is 0.257 e. The third-order valence-electron chi connectivity index (χ3n) is 3.37. The van der Waals surface area contributed by atoms with Crippen LogP contribution in [0.4, 0.5) is 5.13 Å². The summed E-state index contributed by atoms with van der Waals surface area (Å²) in [5.41, 5.74) is 0.483. The molecular formula is C17H23N3O3S. The smallest absolute Gasteiger partial charge is 0.257 e. The van der Waals surface area contributed by atoms with Crippen LogP contribution in [0.5, 0.6) is 11.5 Å². The number of ether oxygens (including phenoxy) is 2. The van der Waals surface area contributed by atoms with Crippen LogP contribution in [-0.2, 0) is 6.42 Å². The Labute approximate surface area is 146 Å². The lowest BCUT2D eigenvalue weighted by Gasteiger charge is -2.12. The van der Waals surface area contributed by atoms with Gasteiger partial charge in [-0.15, -0.1) is 10.2 Å². The first-order chi connectivity index (χ1) is 11.5. The van der Waals surface area contributed by atoms with E-state index in [1.807, 2.05) is 6.92 Å². The molecule has 1 aromatic heterocycles. The number of carbonyl (C=O) groups is 1. The fraction of sp³-hybridized carbons (Fsp3) is 0.471. The molecular weight excluding hydrogens is 326 g/mol. The molecule has 1 aromatic carbocycles. The molecule has 0 saturated heterocycles. The molecule has 1 N–H and O–H groups in total. The Bertz CT molecular complexity index is 685. The van der Waals surface area contributed by atoms with Crippen LogP contribution in [0.2, 0.25) is 0 Å². The Morgan fingerprint density at radius 1 is 1.29 bits per heavy atom. The zero-order chi connectivity index (χ0) is 17.5. The predicted molar refractivity (Wildman–Crippen MR) is 95.2 cm³/mol. The van der Waals surface area contributed by atoms with Gasteiger partial charge >= 0.3 is 0 Å². The van der Waals surface area contributed by atoms with E-state index in [0.717, 1.165) is 17.8 Å². The first-order valence-corrected chi connectivity index (χ1v) is 8.79. The van der Waals surface area contributed by atoms with Gasteiger partial charge in [0.1, 0.15) is 5.01 Å². The zero-order valence-electron chi connectivity index (χ0n) is 14.5. The minimum atomic E-state index is -0.249. The molecule has 0 aliphatic rings. The SMILES string of the molecule is CCc1nnc(NC(=O)c2ccc(OCCC(C)C)c(OC)c2)s1. The van der Waals surface area contributed by atoms with Crippen LogP contribution in [0.3, 0.4) is 0 Å². The maximum atomic E-state index is 12.3. The number of methoxy groups -OCH3 is 1. The number of nitrogens with zero attached hydrogens (tertiary/aromatic N) is 2. The van der Waals surface area contributed by atoms with E-state index in [1.165, 1.54) is 11.3 Å². The van der Waals surface area contributed by atoms with Gasteiger partial charge in [-0.1, -0.05) is 32.1 Å². The lowest BCUT2D eigenvalue weighted by molar-refractivity contribution is 0.102. The normalized spacial score (nSPS) is 10.7. The van der Waals surface area contributed by atoms with Crippen molar-refractivity contribution in [1.29, 1.82) is 0 Å². The second kappa shape index (κ2) is 8.63. The van der Waals surface area contributed by atoms with Gasteiger partial charge in [-0.25, -0.2) is 0 Å². The topological polar surface area (TPSA) is 73.3 Å². The van der Waals surface area contributed by atoms with E-state index in [0.29, 0.717) is 34.7 Å². The zero-order valence-corrected chi connectivity index (χ0v) is 15.3. The van der Waals surface area contributed by atoms with Crippen molar-refractivity contribution in [3.63, 3.8) is 0 Å². The number of rotatable bonds is 8. The van der Waals surface area contributed by atoms with Crippen molar-refractivity contribution in [2.75, 3.05) is 19.0 Å². The molecule has 0 unspecified atom stereocenters. The number of aromatic nitrogens is 2. The van der Waals surface area contributed by atoms with Crippen molar-refractivity contribution in [2.45, 2.75) is 33.6 Å². The van der Waals surface area contributed by atoms with Crippen LogP contribution in [0.1, 0.15) is 42.6 Å². The number of aryl methyl sites for hydroxylation is 1. The molecule has 0 aliphatic carbocycles. The minimum absolute atomic E-state index is 0.249. The van der Waals surface area contributed by atoms with Crippen LogP contribution >= 0.6 is 11.3 Å². The number of hydrogen-bond donors (Lipinski definition) is 1. The number of anilines is 1. The third-order valence-corrected chi connectivity index (χ3v) is 4.35. The molecule has 1 amide bonds. The lowest BCUT2D eigenvalue weighted by atomic mass is 10.1. The summed E-state index contributed by atoms with van der Waals surface area (Å²) >= 11 is 1.37. The van der Waals surface area contributed by atoms with Gasteiger partial charge in [0.15, 0.2) is 11.5 Å². The molecule has 0 radical (unpaired) electrons. The van der Waals surface area contributed by atoms with Gasteiger partial charge in [-0.3, -0.25) is 10.1 Å². The van der Waals surface area contributed by atoms with Crippen molar-refractivity contribution in [2.24, 2.45) is 5.92 Å². The van der Waals surface area contributed by atoms with Crippen molar-refractivity contribution in [1.82, 2.24) is 10.2 Å². The van der Waals surface area contributed by atoms with E-state index < -0.39 is 0 Å². The lowest BCUT2D eigenvalue weighted by Crippen LogP contribution is -2.12. The molecule has 1 heterocycles. The number of hydrogen-bond acceptors (Lipinski definition) is 6. The van der Waals surface area contributed by atoms with Crippen molar-refractivity contribution in [3.8, 4) is 11.5 Å². The number of nitrogens with one attached hydrogen (secondary N) is 1. The van der Waals surface area contributed by atoms with E-state index >= 15 is 0 Å². The van der Waals surface area contributed by atoms with Gasteiger partial charge in [0, 0.05) is 5.56 Å². The molecule has 0 bridgehead atoms. The second-order valence-electron chi connectivity index (χ2n) is 5.71. The van der Waals surface area contributed by atoms with Gasteiger partial charge in [0.25, 0.3) is 5.91 Å². The largest absolute Gasteiger partial charge is 0.493 e. The highest BCUT2D eigenvalue weighted by Crippen LogP contribution is 2.29. The molecule has 130 valence electrons. The van der Waals surface area contributed by atoms with Crippen LogP contribution in [0.15, 0.2) is 18.2 Å². The van der Waals surface area contributed by atoms with Crippen LogP contribution in [0, 0.1) is 5.92 Å². The van der Waals surface area contributed by atoms with Gasteiger partial charge in [0.05, 0.1) is 13.7 Å². The van der Waals surface area contributed by atoms with Gasteiger partial charge in [0.2, 0.25) is 5.13 Å². The molecule has 0 aliphatic heterocycles. The van der Waals surface area contributed by atoms with Crippen LogP contribution in [-0.4, -0.2) is 29.8 Å². The molecule has 0 fully saturated rings. The first kappa shape index (κ1) is 18.2. The Morgan fingerprint density at radius 3 is 2.71 bits per heavy atom. The maximum absolute atomic E-state index is 12.3. The summed E-state index contributed by atoms with van der Waals surface area (Å²) in [6.45, 7) is 6.90. The minimum Gasteiger partial charge on any atom is -0.493 e. The molecule has 0 spiro atoms. The predicted octanol–water partition coefficient (Wildman–Crippen LogP) is 3.79. The second-order valence-corrected chi connectivity index (χ2v) is 6.77. The summed E-state index contributed by atoms with van der Waals surface area (Å²) in [4.78, 5) is 12.3. The highest BCUT2D eigenvalue weighted by Gasteiger charge is 2.13. The summed E-state index contributed by atoms with van der Waals surface area (Å²) in [6.07, 6.45) is 1.76. The highest BCUT2D eigenvalue weighted by atomic mass is 32.1. The first-order valence-electron chi connectivity index (χ1n) is 7.98. The summed E-state index contributed by atoms with van der Waals surface area (Å²) < 4.78 is 11.1. The van der Waals surface area contributed by atoms with Crippen molar-refractivity contribution >= 4 is 22.4 Å². The summed E-state index contributed by atoms with van der Waals surface area (Å²) in [5, 5.41) is 12.1. The highest BCUT2D eigenvalue weighted by molar-refractivity contribution is 7.15. The molecule has 6 nitrogen and oxygen atoms in total. The van der Waals surface area contributed by atoms with E-state index in [9.17, 15) is 4.79 Å². The average molecular weight is 349 g/mol. The van der Waals surface area contributed by atoms with Crippen LogP contribution < -0.4 is 14.8 Å². The fourth-order valence-electron chi connectivity index (χ4n) is 1.95. The van der Waals surface area contributed by atoms with Crippen LogP contribution in [0.25, 0.3) is 0 Å². The van der Waals surface area contributed by atoms with Crippen molar-refractivity contribution in [3.05, 3.63) is 28.8 Å². The van der Waals surface area contributed by atoms with E-state index in [4.69, 9.17) is 9.47 Å². The van der Waals surface area contributed by atoms with Gasteiger partial charge in [-0.2, -0.15) is 0 Å². The van der Waals surface area contributed by atoms with E-state index in [-0.39, 0.29) is 5.91 Å². The average Bonchev–Trinajstić information content (AvgIpc) is 3.02. The Kier molecular flexibility index (Phi) is 6.54. The number of amides is 1. The third kappa shape index (κ3) is 4.92. The fourth-order valence-corrected chi connectivity index (χ4v) is 2.62. The summed E-state index contributed by atoms with van der Waals surface area (Å²) in [7, 11) is 1.56. The standard InChI is InChI=1S/C17H23N3O3S/c1-5-15-19-20-17(24-15)18-16(21)12-6-7-13(14(10-12)22-4)23-9-8-11(2)3/h6-7,10-11H,5,8-9H2,1-4H3,(H,18,20,21). The number of carbonyl (C=O) groups excluding carboxylic acids is 1. The Morgan fingerprint density at radius 2 is 2.08 bits per heavy atom. The monoisotopic (exact) mass is 349 g/mol. The van der Waals surface area contributed by atoms with E-state index in [2.05, 4.69) is 29.4 Å². The van der Waals surface area contributed by atoms with Crippen molar-refractivity contribution < 1.29 is 14.3 Å². The summed E-state index contributed by atoms with van der Waals surface area (Å²) in [5.74, 6) is 1.50.